The smallest absolute Gasteiger partial charge is 0.0726 e. The fourth-order valence-electron chi connectivity index (χ4n) is 11.8. The summed E-state index contributed by atoms with van der Waals surface area (Å²) in [4.78, 5) is 2.52. The summed E-state index contributed by atoms with van der Waals surface area (Å²) in [5.41, 5.74) is 26.0. The van der Waals surface area contributed by atoms with E-state index >= 15 is 0 Å². The third-order valence-electron chi connectivity index (χ3n) is 14.7. The highest BCUT2D eigenvalue weighted by atomic mass is 15.1. The Morgan fingerprint density at radius 2 is 0.708 bits per heavy atom. The van der Waals surface area contributed by atoms with Gasteiger partial charge in [0.1, 0.15) is 0 Å². The van der Waals surface area contributed by atoms with Gasteiger partial charge in [0.15, 0.2) is 0 Å². The lowest BCUT2D eigenvalue weighted by Gasteiger charge is -2.32. The van der Waals surface area contributed by atoms with Gasteiger partial charge in [-0.3, -0.25) is 0 Å². The third-order valence-corrected chi connectivity index (χ3v) is 14.7. The van der Waals surface area contributed by atoms with Crippen LogP contribution in [0.25, 0.3) is 66.8 Å². The lowest BCUT2D eigenvalue weighted by molar-refractivity contribution is 0.660. The maximum atomic E-state index is 2.52. The molecule has 0 aromatic heterocycles. The fraction of sp³-hybridized carbons (Fsp3) is 0.0625. The second-order valence-electron chi connectivity index (χ2n) is 18.4. The summed E-state index contributed by atoms with van der Waals surface area (Å²) < 4.78 is 0. The van der Waals surface area contributed by atoms with E-state index in [-0.39, 0.29) is 5.41 Å². The van der Waals surface area contributed by atoms with Crippen molar-refractivity contribution in [2.24, 2.45) is 0 Å². The predicted molar refractivity (Wildman–Crippen MR) is 271 cm³/mol. The van der Waals surface area contributed by atoms with Gasteiger partial charge in [0, 0.05) is 22.4 Å². The lowest BCUT2D eigenvalue weighted by Crippen LogP contribution is -2.26. The van der Waals surface area contributed by atoms with Crippen molar-refractivity contribution >= 4 is 17.1 Å². The van der Waals surface area contributed by atoms with Gasteiger partial charge >= 0.3 is 0 Å². The Morgan fingerprint density at radius 3 is 1.35 bits per heavy atom. The van der Waals surface area contributed by atoms with Gasteiger partial charge in [-0.2, -0.15) is 0 Å². The number of rotatable bonds is 6. The molecule has 13 rings (SSSR count). The summed E-state index contributed by atoms with van der Waals surface area (Å²) in [7, 11) is 0. The molecule has 306 valence electrons. The molecule has 0 saturated heterocycles. The van der Waals surface area contributed by atoms with E-state index in [0.717, 1.165) is 11.4 Å². The Kier molecular flexibility index (Phi) is 8.24. The number of hydrogen-bond donors (Lipinski definition) is 0. The van der Waals surface area contributed by atoms with Crippen LogP contribution >= 0.6 is 0 Å². The first-order valence-electron chi connectivity index (χ1n) is 22.8. The standard InChI is InChI=1S/C64H45N/c1-63(2)54-25-12-9-21-50(54)51-40-39-48(41-59(51)63)65(47-37-35-45(36-38-47)43-19-7-4-8-20-43)60-30-16-29-58-62(60)53-23-11-14-27-56(53)64(58)55-26-13-10-22-52(55)61-49(24-15-28-57(61)64)46-33-31-44(32-34-46)42-17-5-3-6-18-42/h3-41H,1-2H3. The van der Waals surface area contributed by atoms with Crippen LogP contribution in [0, 0.1) is 0 Å². The zero-order valence-corrected chi connectivity index (χ0v) is 36.5. The maximum absolute atomic E-state index is 2.52. The van der Waals surface area contributed by atoms with Gasteiger partial charge in [-0.05, 0) is 125 Å². The zero-order valence-electron chi connectivity index (χ0n) is 36.5. The molecule has 0 heterocycles. The molecule has 0 N–H and O–H groups in total. The van der Waals surface area contributed by atoms with Gasteiger partial charge in [-0.1, -0.05) is 220 Å². The van der Waals surface area contributed by atoms with Crippen molar-refractivity contribution in [1.82, 2.24) is 0 Å². The third kappa shape index (κ3) is 5.39. The van der Waals surface area contributed by atoms with Crippen LogP contribution in [0.5, 0.6) is 0 Å². The molecule has 1 nitrogen and oxygen atoms in total. The van der Waals surface area contributed by atoms with Crippen molar-refractivity contribution in [2.75, 3.05) is 4.90 Å². The molecule has 10 aromatic carbocycles. The summed E-state index contributed by atoms with van der Waals surface area (Å²) in [6.45, 7) is 4.75. The highest BCUT2D eigenvalue weighted by molar-refractivity contribution is 6.04. The molecule has 65 heavy (non-hydrogen) atoms. The first-order valence-corrected chi connectivity index (χ1v) is 22.8. The minimum Gasteiger partial charge on any atom is -0.310 e. The molecule has 0 saturated carbocycles. The van der Waals surface area contributed by atoms with Gasteiger partial charge in [0.25, 0.3) is 0 Å². The summed E-state index contributed by atoms with van der Waals surface area (Å²) in [6, 6.07) is 88.2. The average molecular weight is 828 g/mol. The molecule has 10 aromatic rings. The number of hydrogen-bond acceptors (Lipinski definition) is 1. The Hall–Kier alpha value is -8.00. The van der Waals surface area contributed by atoms with Gasteiger partial charge in [0.2, 0.25) is 0 Å². The van der Waals surface area contributed by atoms with Crippen LogP contribution in [0.1, 0.15) is 47.2 Å². The van der Waals surface area contributed by atoms with Crippen LogP contribution in [0.15, 0.2) is 237 Å². The maximum Gasteiger partial charge on any atom is 0.0726 e. The van der Waals surface area contributed by atoms with Crippen LogP contribution in [-0.4, -0.2) is 0 Å². The average Bonchev–Trinajstić information content (AvgIpc) is 3.94. The molecular formula is C64H45N. The number of fused-ring (bicyclic) bond motifs is 13. The second-order valence-corrected chi connectivity index (χ2v) is 18.4. The molecule has 1 atom stereocenters. The van der Waals surface area contributed by atoms with E-state index < -0.39 is 5.41 Å². The van der Waals surface area contributed by atoms with E-state index in [2.05, 4.69) is 255 Å². The largest absolute Gasteiger partial charge is 0.310 e. The van der Waals surface area contributed by atoms with Gasteiger partial charge in [0.05, 0.1) is 11.1 Å². The van der Waals surface area contributed by atoms with E-state index in [1.165, 1.54) is 106 Å². The monoisotopic (exact) mass is 827 g/mol. The Balaban J connectivity index is 1.04. The first kappa shape index (κ1) is 37.5. The molecule has 1 spiro atoms. The Bertz CT molecular complexity index is 3490. The number of anilines is 3. The molecule has 0 amide bonds. The SMILES string of the molecule is CC1(C)c2ccccc2-c2ccc(N(c3ccc(-c4ccccc4)cc3)c3cccc4c3-c3ccccc3C43c4ccccc4-c4c(-c5ccc(-c6ccccc6)cc5)cccc43)cc21. The Morgan fingerprint density at radius 1 is 0.277 bits per heavy atom. The molecule has 0 aliphatic heterocycles. The number of benzene rings is 10. The molecule has 1 unspecified atom stereocenters. The minimum atomic E-state index is -0.516. The van der Waals surface area contributed by atoms with Crippen LogP contribution < -0.4 is 4.90 Å². The molecule has 0 fully saturated rings. The van der Waals surface area contributed by atoms with Crippen LogP contribution in [0.4, 0.5) is 17.1 Å². The van der Waals surface area contributed by atoms with Crippen molar-refractivity contribution in [3.8, 4) is 66.8 Å². The molecule has 1 heteroatoms. The predicted octanol–water partition coefficient (Wildman–Crippen LogP) is 16.8. The summed E-state index contributed by atoms with van der Waals surface area (Å²) >= 11 is 0. The van der Waals surface area contributed by atoms with Crippen LogP contribution in [0.3, 0.4) is 0 Å². The highest BCUT2D eigenvalue weighted by Crippen LogP contribution is 2.66. The summed E-state index contributed by atoms with van der Waals surface area (Å²) in [5, 5.41) is 0. The normalized spacial score (nSPS) is 15.4. The van der Waals surface area contributed by atoms with Gasteiger partial charge < -0.3 is 4.90 Å². The van der Waals surface area contributed by atoms with Crippen LogP contribution in [-0.2, 0) is 10.8 Å². The highest BCUT2D eigenvalue weighted by Gasteiger charge is 2.53. The van der Waals surface area contributed by atoms with E-state index in [1.807, 2.05) is 0 Å². The summed E-state index contributed by atoms with van der Waals surface area (Å²) in [5.74, 6) is 0. The van der Waals surface area contributed by atoms with Crippen molar-refractivity contribution in [3.05, 3.63) is 270 Å². The molecule has 3 aliphatic rings. The molecule has 0 bridgehead atoms. The van der Waals surface area contributed by atoms with Crippen molar-refractivity contribution in [2.45, 2.75) is 24.7 Å². The van der Waals surface area contributed by atoms with Crippen LogP contribution in [0.2, 0.25) is 0 Å². The molecular weight excluding hydrogens is 783 g/mol. The van der Waals surface area contributed by atoms with Crippen molar-refractivity contribution in [3.63, 3.8) is 0 Å². The fourth-order valence-corrected chi connectivity index (χ4v) is 11.8. The van der Waals surface area contributed by atoms with E-state index in [9.17, 15) is 0 Å². The number of nitrogens with zero attached hydrogens (tertiary/aromatic N) is 1. The Labute approximate surface area is 381 Å². The molecule has 0 radical (unpaired) electrons. The quantitative estimate of drug-likeness (QED) is 0.161. The topological polar surface area (TPSA) is 3.24 Å². The lowest BCUT2D eigenvalue weighted by atomic mass is 9.70. The first-order chi connectivity index (χ1) is 32.0. The van der Waals surface area contributed by atoms with Crippen molar-refractivity contribution < 1.29 is 0 Å². The van der Waals surface area contributed by atoms with E-state index in [1.54, 1.807) is 0 Å². The van der Waals surface area contributed by atoms with Gasteiger partial charge in [-0.15, -0.1) is 0 Å². The van der Waals surface area contributed by atoms with E-state index in [4.69, 9.17) is 0 Å². The molecule has 3 aliphatic carbocycles. The summed E-state index contributed by atoms with van der Waals surface area (Å²) in [6.07, 6.45) is 0. The minimum absolute atomic E-state index is 0.142. The van der Waals surface area contributed by atoms with Crippen molar-refractivity contribution in [1.29, 1.82) is 0 Å². The zero-order chi connectivity index (χ0) is 43.3. The van der Waals surface area contributed by atoms with Gasteiger partial charge in [-0.25, -0.2) is 0 Å². The second kappa shape index (κ2) is 14.3. The van der Waals surface area contributed by atoms with E-state index in [0.29, 0.717) is 0 Å².